The van der Waals surface area contributed by atoms with Crippen molar-refractivity contribution in [2.75, 3.05) is 6.54 Å². The lowest BCUT2D eigenvalue weighted by Crippen LogP contribution is -2.48. The number of piperidine rings is 1. The van der Waals surface area contributed by atoms with Crippen molar-refractivity contribution in [2.24, 2.45) is 5.73 Å². The monoisotopic (exact) mass is 299 g/mol. The van der Waals surface area contributed by atoms with Crippen LogP contribution in [0.4, 0.5) is 0 Å². The van der Waals surface area contributed by atoms with Crippen LogP contribution in [-0.2, 0) is 0 Å². The largest absolute Gasteiger partial charge is 0.336 e. The van der Waals surface area contributed by atoms with Crippen LogP contribution in [-0.4, -0.2) is 44.6 Å². The standard InChI is InChI=1S/C16H21N5O/c1-10-9-14(17)7-8-21(10)16(22)13-5-3-12(4-6-13)15-18-11(2)19-20-15/h3-6,10,14H,7-9,17H2,1-2H3,(H,18,19,20)/t10-,14-/m0/s1. The number of amides is 1. The van der Waals surface area contributed by atoms with Crippen molar-refractivity contribution in [1.82, 2.24) is 20.1 Å². The minimum Gasteiger partial charge on any atom is -0.336 e. The summed E-state index contributed by atoms with van der Waals surface area (Å²) in [7, 11) is 0. The second-order valence-corrected chi connectivity index (χ2v) is 5.95. The van der Waals surface area contributed by atoms with E-state index >= 15 is 0 Å². The molecule has 6 nitrogen and oxygen atoms in total. The Morgan fingerprint density at radius 1 is 1.36 bits per heavy atom. The van der Waals surface area contributed by atoms with E-state index in [1.165, 1.54) is 0 Å². The number of benzene rings is 1. The molecular formula is C16H21N5O. The van der Waals surface area contributed by atoms with Crippen LogP contribution in [0.5, 0.6) is 0 Å². The summed E-state index contributed by atoms with van der Waals surface area (Å²) in [5.41, 5.74) is 7.55. The van der Waals surface area contributed by atoms with E-state index in [0.29, 0.717) is 11.4 Å². The van der Waals surface area contributed by atoms with Gasteiger partial charge in [-0.3, -0.25) is 9.89 Å². The SMILES string of the molecule is Cc1nc(-c2ccc(C(=O)N3CC[C@H](N)C[C@@H]3C)cc2)n[nH]1. The fourth-order valence-electron chi connectivity index (χ4n) is 2.91. The lowest BCUT2D eigenvalue weighted by atomic mass is 9.98. The number of nitrogens with one attached hydrogen (secondary N) is 1. The Bertz CT molecular complexity index is 663. The molecule has 1 saturated heterocycles. The average molecular weight is 299 g/mol. The van der Waals surface area contributed by atoms with Gasteiger partial charge in [-0.05, 0) is 38.8 Å². The van der Waals surface area contributed by atoms with Gasteiger partial charge >= 0.3 is 0 Å². The zero-order valence-electron chi connectivity index (χ0n) is 12.9. The molecule has 0 spiro atoms. The summed E-state index contributed by atoms with van der Waals surface area (Å²) in [6.07, 6.45) is 1.73. The molecule has 1 aromatic heterocycles. The Kier molecular flexibility index (Phi) is 3.94. The molecule has 116 valence electrons. The highest BCUT2D eigenvalue weighted by molar-refractivity contribution is 5.94. The van der Waals surface area contributed by atoms with Crippen LogP contribution in [0.15, 0.2) is 24.3 Å². The lowest BCUT2D eigenvalue weighted by molar-refractivity contribution is 0.0619. The van der Waals surface area contributed by atoms with Gasteiger partial charge < -0.3 is 10.6 Å². The Hall–Kier alpha value is -2.21. The molecule has 0 bridgehead atoms. The molecule has 1 fully saturated rings. The molecule has 1 amide bonds. The summed E-state index contributed by atoms with van der Waals surface area (Å²) in [5, 5.41) is 6.94. The van der Waals surface area contributed by atoms with Gasteiger partial charge in [0.1, 0.15) is 5.82 Å². The van der Waals surface area contributed by atoms with Crippen molar-refractivity contribution >= 4 is 5.91 Å². The fourth-order valence-corrected chi connectivity index (χ4v) is 2.91. The molecule has 3 N–H and O–H groups in total. The number of rotatable bonds is 2. The minimum atomic E-state index is 0.0668. The van der Waals surface area contributed by atoms with Gasteiger partial charge in [0.2, 0.25) is 0 Å². The van der Waals surface area contributed by atoms with Crippen LogP contribution in [0.2, 0.25) is 0 Å². The van der Waals surface area contributed by atoms with Crippen LogP contribution in [0.1, 0.15) is 35.9 Å². The first-order valence-electron chi connectivity index (χ1n) is 7.60. The number of aromatic nitrogens is 3. The van der Waals surface area contributed by atoms with E-state index in [1.807, 2.05) is 36.1 Å². The van der Waals surface area contributed by atoms with Gasteiger partial charge in [0.05, 0.1) is 0 Å². The topological polar surface area (TPSA) is 87.9 Å². The van der Waals surface area contributed by atoms with Gasteiger partial charge in [0, 0.05) is 29.8 Å². The van der Waals surface area contributed by atoms with Crippen molar-refractivity contribution in [1.29, 1.82) is 0 Å². The molecule has 0 unspecified atom stereocenters. The molecule has 0 aliphatic carbocycles. The summed E-state index contributed by atoms with van der Waals surface area (Å²) in [5.74, 6) is 1.49. The van der Waals surface area contributed by atoms with Crippen LogP contribution >= 0.6 is 0 Å². The molecule has 1 aliphatic heterocycles. The first-order valence-corrected chi connectivity index (χ1v) is 7.60. The predicted octanol–water partition coefficient (Wildman–Crippen LogP) is 1.73. The lowest BCUT2D eigenvalue weighted by Gasteiger charge is -2.36. The molecule has 2 atom stereocenters. The summed E-state index contributed by atoms with van der Waals surface area (Å²) >= 11 is 0. The van der Waals surface area contributed by atoms with E-state index in [9.17, 15) is 4.79 Å². The zero-order valence-corrected chi connectivity index (χ0v) is 12.9. The van der Waals surface area contributed by atoms with E-state index in [0.717, 1.165) is 30.8 Å². The molecule has 0 radical (unpaired) electrons. The summed E-state index contributed by atoms with van der Waals surface area (Å²) in [6, 6.07) is 7.84. The predicted molar refractivity (Wildman–Crippen MR) is 84.3 cm³/mol. The number of carbonyl (C=O) groups excluding carboxylic acids is 1. The Labute approximate surface area is 129 Å². The number of nitrogens with two attached hydrogens (primary N) is 1. The highest BCUT2D eigenvalue weighted by atomic mass is 16.2. The first kappa shape index (κ1) is 14.7. The molecule has 1 aromatic carbocycles. The average Bonchev–Trinajstić information content (AvgIpc) is 2.93. The van der Waals surface area contributed by atoms with Crippen molar-refractivity contribution in [3.8, 4) is 11.4 Å². The van der Waals surface area contributed by atoms with E-state index in [2.05, 4.69) is 22.1 Å². The third-order valence-electron chi connectivity index (χ3n) is 4.16. The van der Waals surface area contributed by atoms with Crippen LogP contribution in [0, 0.1) is 6.92 Å². The number of hydrogen-bond donors (Lipinski definition) is 2. The maximum atomic E-state index is 12.6. The van der Waals surface area contributed by atoms with E-state index in [1.54, 1.807) is 0 Å². The first-order chi connectivity index (χ1) is 10.5. The highest BCUT2D eigenvalue weighted by Crippen LogP contribution is 2.21. The smallest absolute Gasteiger partial charge is 0.254 e. The van der Waals surface area contributed by atoms with E-state index < -0.39 is 0 Å². The zero-order chi connectivity index (χ0) is 15.7. The second kappa shape index (κ2) is 5.88. The number of nitrogens with zero attached hydrogens (tertiary/aromatic N) is 3. The molecule has 6 heteroatoms. The van der Waals surface area contributed by atoms with Crippen molar-refractivity contribution in [3.05, 3.63) is 35.7 Å². The Morgan fingerprint density at radius 3 is 2.68 bits per heavy atom. The van der Waals surface area contributed by atoms with Crippen LogP contribution in [0.3, 0.4) is 0 Å². The summed E-state index contributed by atoms with van der Waals surface area (Å²) < 4.78 is 0. The molecule has 2 aromatic rings. The number of H-pyrrole nitrogens is 1. The number of hydrogen-bond acceptors (Lipinski definition) is 4. The number of likely N-dealkylation sites (tertiary alicyclic amines) is 1. The maximum absolute atomic E-state index is 12.6. The number of aryl methyl sites for hydroxylation is 1. The summed E-state index contributed by atoms with van der Waals surface area (Å²) in [6.45, 7) is 4.64. The van der Waals surface area contributed by atoms with Gasteiger partial charge in [-0.25, -0.2) is 4.98 Å². The van der Waals surface area contributed by atoms with Gasteiger partial charge in [-0.2, -0.15) is 5.10 Å². The van der Waals surface area contributed by atoms with Gasteiger partial charge in [0.15, 0.2) is 5.82 Å². The number of carbonyl (C=O) groups is 1. The normalized spacial score (nSPS) is 21.9. The molecule has 22 heavy (non-hydrogen) atoms. The van der Waals surface area contributed by atoms with Crippen LogP contribution in [0.25, 0.3) is 11.4 Å². The maximum Gasteiger partial charge on any atom is 0.254 e. The third-order valence-corrected chi connectivity index (χ3v) is 4.16. The quantitative estimate of drug-likeness (QED) is 0.884. The van der Waals surface area contributed by atoms with Gasteiger partial charge in [-0.15, -0.1) is 0 Å². The molecule has 2 heterocycles. The molecule has 3 rings (SSSR count). The van der Waals surface area contributed by atoms with E-state index in [4.69, 9.17) is 5.73 Å². The minimum absolute atomic E-state index is 0.0668. The Balaban J connectivity index is 1.76. The molecule has 1 aliphatic rings. The Morgan fingerprint density at radius 2 is 2.09 bits per heavy atom. The third kappa shape index (κ3) is 2.87. The molecule has 0 saturated carbocycles. The van der Waals surface area contributed by atoms with Crippen molar-refractivity contribution in [3.63, 3.8) is 0 Å². The summed E-state index contributed by atoms with van der Waals surface area (Å²) in [4.78, 5) is 18.8. The van der Waals surface area contributed by atoms with E-state index in [-0.39, 0.29) is 18.0 Å². The second-order valence-electron chi connectivity index (χ2n) is 5.95. The van der Waals surface area contributed by atoms with Crippen molar-refractivity contribution < 1.29 is 4.79 Å². The van der Waals surface area contributed by atoms with Crippen LogP contribution < -0.4 is 5.73 Å². The molecular weight excluding hydrogens is 278 g/mol. The van der Waals surface area contributed by atoms with Gasteiger partial charge in [0.25, 0.3) is 5.91 Å². The number of aromatic amines is 1. The highest BCUT2D eigenvalue weighted by Gasteiger charge is 2.27. The van der Waals surface area contributed by atoms with Gasteiger partial charge in [-0.1, -0.05) is 12.1 Å². The van der Waals surface area contributed by atoms with Crippen molar-refractivity contribution in [2.45, 2.75) is 38.8 Å². The fraction of sp³-hybridized carbons (Fsp3) is 0.438.